The zero-order chi connectivity index (χ0) is 7.28. The lowest BCUT2D eigenvalue weighted by molar-refractivity contribution is 0.637. The van der Waals surface area contributed by atoms with Gasteiger partial charge in [0.25, 0.3) is 0 Å². The van der Waals surface area contributed by atoms with Crippen LogP contribution in [0.4, 0.5) is 4.39 Å². The molecule has 0 aliphatic carbocycles. The van der Waals surface area contributed by atoms with E-state index in [0.29, 0.717) is 5.71 Å². The van der Waals surface area contributed by atoms with Crippen molar-refractivity contribution in [3.8, 4) is 0 Å². The molecule has 0 aromatic rings. The lowest BCUT2D eigenvalue weighted by Gasteiger charge is -1.83. The molecule has 1 nitrogen and oxygen atoms in total. The lowest BCUT2D eigenvalue weighted by Crippen LogP contribution is -1.78. The molecular formula is C7H10FN. The highest BCUT2D eigenvalue weighted by Gasteiger charge is 1.78. The number of aliphatic imine (C=N–C) groups is 1. The maximum atomic E-state index is 11.9. The fourth-order valence-corrected chi connectivity index (χ4v) is 0.243. The highest BCUT2D eigenvalue weighted by molar-refractivity contribution is 5.92. The van der Waals surface area contributed by atoms with Crippen LogP contribution in [0, 0.1) is 0 Å². The van der Waals surface area contributed by atoms with Gasteiger partial charge in [0.1, 0.15) is 5.83 Å². The molecule has 0 saturated heterocycles. The number of hydrogen-bond donors (Lipinski definition) is 0. The molecule has 0 aromatic heterocycles. The average Bonchev–Trinajstić information content (AvgIpc) is 1.83. The van der Waals surface area contributed by atoms with Crippen molar-refractivity contribution in [2.75, 3.05) is 0 Å². The molecule has 0 aliphatic rings. The van der Waals surface area contributed by atoms with Gasteiger partial charge in [-0.3, -0.25) is 4.99 Å². The molecule has 0 heterocycles. The van der Waals surface area contributed by atoms with E-state index in [1.54, 1.807) is 13.0 Å². The first-order valence-electron chi connectivity index (χ1n) is 2.66. The van der Waals surface area contributed by atoms with Gasteiger partial charge in [0.05, 0.1) is 6.20 Å². The van der Waals surface area contributed by atoms with E-state index in [1.165, 1.54) is 6.92 Å². The Morgan fingerprint density at radius 2 is 2.11 bits per heavy atom. The maximum absolute atomic E-state index is 11.9. The summed E-state index contributed by atoms with van der Waals surface area (Å²) in [5.74, 6) is -0.295. The molecule has 0 amide bonds. The van der Waals surface area contributed by atoms with Crippen LogP contribution in [0.5, 0.6) is 0 Å². The molecule has 9 heavy (non-hydrogen) atoms. The molecule has 0 aliphatic heterocycles. The Bertz CT molecular complexity index is 152. The van der Waals surface area contributed by atoms with Gasteiger partial charge >= 0.3 is 0 Å². The summed E-state index contributed by atoms with van der Waals surface area (Å²) in [7, 11) is 0. The normalized spacial score (nSPS) is 13.7. The van der Waals surface area contributed by atoms with Crippen molar-refractivity contribution >= 4 is 5.71 Å². The zero-order valence-corrected chi connectivity index (χ0v) is 5.69. The minimum atomic E-state index is -0.295. The quantitative estimate of drug-likeness (QED) is 0.505. The molecule has 0 bridgehead atoms. The second-order valence-electron chi connectivity index (χ2n) is 1.69. The van der Waals surface area contributed by atoms with E-state index in [1.807, 2.05) is 0 Å². The highest BCUT2D eigenvalue weighted by atomic mass is 19.1. The second kappa shape index (κ2) is 4.01. The van der Waals surface area contributed by atoms with Crippen LogP contribution in [0.15, 0.2) is 29.7 Å². The van der Waals surface area contributed by atoms with Crippen LogP contribution < -0.4 is 0 Å². The molecule has 0 rings (SSSR count). The number of halogens is 1. The zero-order valence-electron chi connectivity index (χ0n) is 5.69. The molecule has 0 aromatic carbocycles. The Morgan fingerprint density at radius 3 is 2.44 bits per heavy atom. The molecule has 0 spiro atoms. The molecule has 0 radical (unpaired) electrons. The van der Waals surface area contributed by atoms with E-state index in [0.717, 1.165) is 6.20 Å². The van der Waals surface area contributed by atoms with Gasteiger partial charge in [0.2, 0.25) is 0 Å². The Morgan fingerprint density at radius 1 is 1.56 bits per heavy atom. The summed E-state index contributed by atoms with van der Waals surface area (Å²) in [6, 6.07) is 0. The van der Waals surface area contributed by atoms with Crippen LogP contribution in [0.2, 0.25) is 0 Å². The highest BCUT2D eigenvalue weighted by Crippen LogP contribution is 1.92. The molecule has 0 atom stereocenters. The fraction of sp³-hybridized carbons (Fsp3) is 0.286. The Labute approximate surface area is 54.6 Å². The van der Waals surface area contributed by atoms with Gasteiger partial charge in [0.15, 0.2) is 0 Å². The van der Waals surface area contributed by atoms with E-state index in [4.69, 9.17) is 0 Å². The first kappa shape index (κ1) is 8.08. The second-order valence-corrected chi connectivity index (χ2v) is 1.69. The summed E-state index contributed by atoms with van der Waals surface area (Å²) in [6.07, 6.45) is 2.73. The minimum Gasteiger partial charge on any atom is -0.259 e. The van der Waals surface area contributed by atoms with Crippen molar-refractivity contribution in [3.63, 3.8) is 0 Å². The van der Waals surface area contributed by atoms with Gasteiger partial charge in [-0.1, -0.05) is 6.58 Å². The SMILES string of the molecule is C=C/C(C)=N\C=C(/C)F. The van der Waals surface area contributed by atoms with Crippen molar-refractivity contribution in [2.24, 2.45) is 4.99 Å². The van der Waals surface area contributed by atoms with Crippen LogP contribution >= 0.6 is 0 Å². The predicted molar refractivity (Wildman–Crippen MR) is 38.2 cm³/mol. The summed E-state index contributed by atoms with van der Waals surface area (Å²) >= 11 is 0. The van der Waals surface area contributed by atoms with Crippen LogP contribution in [0.3, 0.4) is 0 Å². The molecule has 2 heteroatoms. The average molecular weight is 127 g/mol. The molecule has 0 N–H and O–H groups in total. The number of hydrogen-bond acceptors (Lipinski definition) is 1. The van der Waals surface area contributed by atoms with Gasteiger partial charge in [-0.25, -0.2) is 4.39 Å². The Balaban J connectivity index is 3.98. The maximum Gasteiger partial charge on any atom is 0.115 e. The number of allylic oxidation sites excluding steroid dienone is 2. The van der Waals surface area contributed by atoms with Gasteiger partial charge in [-0.2, -0.15) is 0 Å². The van der Waals surface area contributed by atoms with Crippen LogP contribution in [-0.2, 0) is 0 Å². The van der Waals surface area contributed by atoms with E-state index in [-0.39, 0.29) is 5.83 Å². The van der Waals surface area contributed by atoms with Crippen LogP contribution in [-0.4, -0.2) is 5.71 Å². The predicted octanol–water partition coefficient (Wildman–Crippen LogP) is 2.46. The summed E-state index contributed by atoms with van der Waals surface area (Å²) < 4.78 is 11.9. The number of nitrogens with zero attached hydrogens (tertiary/aromatic N) is 1. The first-order chi connectivity index (χ1) is 4.16. The monoisotopic (exact) mass is 127 g/mol. The first-order valence-corrected chi connectivity index (χ1v) is 2.66. The molecular weight excluding hydrogens is 117 g/mol. The Kier molecular flexibility index (Phi) is 3.60. The van der Waals surface area contributed by atoms with Crippen molar-refractivity contribution in [3.05, 3.63) is 24.7 Å². The van der Waals surface area contributed by atoms with Crippen LogP contribution in [0.1, 0.15) is 13.8 Å². The van der Waals surface area contributed by atoms with Gasteiger partial charge < -0.3 is 0 Å². The van der Waals surface area contributed by atoms with Gasteiger partial charge in [-0.05, 0) is 19.9 Å². The van der Waals surface area contributed by atoms with Crippen molar-refractivity contribution in [1.82, 2.24) is 0 Å². The fourth-order valence-electron chi connectivity index (χ4n) is 0.243. The summed E-state index contributed by atoms with van der Waals surface area (Å²) in [5, 5.41) is 0. The topological polar surface area (TPSA) is 12.4 Å². The molecule has 0 unspecified atom stereocenters. The van der Waals surface area contributed by atoms with E-state index < -0.39 is 0 Å². The smallest absolute Gasteiger partial charge is 0.115 e. The third-order valence-corrected chi connectivity index (χ3v) is 0.741. The van der Waals surface area contributed by atoms with E-state index in [9.17, 15) is 4.39 Å². The summed E-state index contributed by atoms with van der Waals surface area (Å²) in [5.41, 5.74) is 0.715. The largest absolute Gasteiger partial charge is 0.259 e. The van der Waals surface area contributed by atoms with Crippen molar-refractivity contribution < 1.29 is 4.39 Å². The molecule has 50 valence electrons. The molecule has 0 saturated carbocycles. The number of rotatable bonds is 2. The minimum absolute atomic E-state index is 0.295. The summed E-state index contributed by atoms with van der Waals surface area (Å²) in [6.45, 7) is 6.56. The standard InChI is InChI=1S/C7H10FN/c1-4-7(3)9-5-6(2)8/h4-5H,1H2,2-3H3/b6-5+,9-7-. The van der Waals surface area contributed by atoms with E-state index >= 15 is 0 Å². The third-order valence-electron chi connectivity index (χ3n) is 0.741. The van der Waals surface area contributed by atoms with Crippen LogP contribution in [0.25, 0.3) is 0 Å². The Hall–Kier alpha value is -0.920. The molecule has 0 fully saturated rings. The van der Waals surface area contributed by atoms with Crippen molar-refractivity contribution in [2.45, 2.75) is 13.8 Å². The third kappa shape index (κ3) is 4.94. The van der Waals surface area contributed by atoms with E-state index in [2.05, 4.69) is 11.6 Å². The van der Waals surface area contributed by atoms with Gasteiger partial charge in [-0.15, -0.1) is 0 Å². The summed E-state index contributed by atoms with van der Waals surface area (Å²) in [4.78, 5) is 3.70. The lowest BCUT2D eigenvalue weighted by atomic mass is 10.4. The van der Waals surface area contributed by atoms with Crippen molar-refractivity contribution in [1.29, 1.82) is 0 Å². The van der Waals surface area contributed by atoms with Gasteiger partial charge in [0, 0.05) is 5.71 Å².